The molecule has 5 nitrogen and oxygen atoms in total. The Hall–Kier alpha value is -2.73. The standard InChI is InChI=1S/C18H16N2O3S/c21-16(9-4-10-17(22)23)20-18-19-15(11-24-18)14-8-3-6-12-5-1-2-7-13(12)14/h1-3,5-8,11H,4,9-10H2,(H,22,23)(H,19,20,21)/p-1. The Labute approximate surface area is 143 Å². The molecule has 6 heteroatoms. The Bertz CT molecular complexity index is 883. The van der Waals surface area contributed by atoms with Crippen LogP contribution in [0.3, 0.4) is 0 Å². The van der Waals surface area contributed by atoms with E-state index in [1.165, 1.54) is 11.3 Å². The summed E-state index contributed by atoms with van der Waals surface area (Å²) in [6.07, 6.45) is 0.277. The first-order chi connectivity index (χ1) is 11.6. The van der Waals surface area contributed by atoms with Gasteiger partial charge in [0.1, 0.15) is 0 Å². The molecule has 0 bridgehead atoms. The number of hydrogen-bond acceptors (Lipinski definition) is 5. The first kappa shape index (κ1) is 16.1. The zero-order valence-corrected chi connectivity index (χ0v) is 13.6. The molecule has 1 N–H and O–H groups in total. The minimum atomic E-state index is -1.14. The second-order valence-corrected chi connectivity index (χ2v) is 6.20. The summed E-state index contributed by atoms with van der Waals surface area (Å²) in [5, 5.41) is 17.7. The minimum absolute atomic E-state index is 0.119. The summed E-state index contributed by atoms with van der Waals surface area (Å²) >= 11 is 1.35. The van der Waals surface area contributed by atoms with Gasteiger partial charge in [0.05, 0.1) is 5.69 Å². The van der Waals surface area contributed by atoms with Crippen LogP contribution < -0.4 is 10.4 Å². The van der Waals surface area contributed by atoms with Crippen molar-refractivity contribution in [2.75, 3.05) is 5.32 Å². The van der Waals surface area contributed by atoms with E-state index in [9.17, 15) is 14.7 Å². The topological polar surface area (TPSA) is 82.1 Å². The monoisotopic (exact) mass is 339 g/mol. The fraction of sp³-hybridized carbons (Fsp3) is 0.167. The van der Waals surface area contributed by atoms with E-state index < -0.39 is 5.97 Å². The number of aliphatic carboxylic acids is 1. The van der Waals surface area contributed by atoms with Crippen LogP contribution in [0.2, 0.25) is 0 Å². The zero-order chi connectivity index (χ0) is 16.9. The number of anilines is 1. The van der Waals surface area contributed by atoms with Gasteiger partial charge in [0.25, 0.3) is 0 Å². The molecular weight excluding hydrogens is 324 g/mol. The normalized spacial score (nSPS) is 10.7. The van der Waals surface area contributed by atoms with Crippen LogP contribution in [-0.2, 0) is 9.59 Å². The lowest BCUT2D eigenvalue weighted by Gasteiger charge is -2.04. The molecule has 0 fully saturated rings. The maximum atomic E-state index is 11.8. The number of carboxylic acids is 1. The van der Waals surface area contributed by atoms with Gasteiger partial charge in [-0.2, -0.15) is 0 Å². The summed E-state index contributed by atoms with van der Waals surface area (Å²) in [6.45, 7) is 0. The van der Waals surface area contributed by atoms with Crippen LogP contribution in [0.1, 0.15) is 19.3 Å². The Morgan fingerprint density at radius 3 is 2.71 bits per heavy atom. The van der Waals surface area contributed by atoms with E-state index in [-0.39, 0.29) is 25.2 Å². The average Bonchev–Trinajstić information content (AvgIpc) is 3.02. The number of fused-ring (bicyclic) bond motifs is 1. The van der Waals surface area contributed by atoms with Crippen LogP contribution in [-0.4, -0.2) is 16.9 Å². The summed E-state index contributed by atoms with van der Waals surface area (Å²) in [7, 11) is 0. The molecule has 0 saturated heterocycles. The van der Waals surface area contributed by atoms with E-state index in [1.807, 2.05) is 47.8 Å². The average molecular weight is 339 g/mol. The smallest absolute Gasteiger partial charge is 0.226 e. The van der Waals surface area contributed by atoms with Gasteiger partial charge in [-0.15, -0.1) is 11.3 Å². The van der Waals surface area contributed by atoms with Gasteiger partial charge in [0.2, 0.25) is 5.91 Å². The van der Waals surface area contributed by atoms with Crippen molar-refractivity contribution < 1.29 is 14.7 Å². The number of nitrogens with zero attached hydrogens (tertiary/aromatic N) is 1. The fourth-order valence-corrected chi connectivity index (χ4v) is 3.21. The number of nitrogens with one attached hydrogen (secondary N) is 1. The maximum absolute atomic E-state index is 11.8. The Balaban J connectivity index is 1.73. The number of benzene rings is 2. The fourth-order valence-electron chi connectivity index (χ4n) is 2.48. The van der Waals surface area contributed by atoms with Gasteiger partial charge in [-0.3, -0.25) is 4.79 Å². The molecular formula is C18H15N2O3S-. The largest absolute Gasteiger partial charge is 0.550 e. The third-order valence-corrected chi connectivity index (χ3v) is 4.36. The SMILES string of the molecule is O=C([O-])CCCC(=O)Nc1nc(-c2cccc3ccccc23)cs1. The zero-order valence-electron chi connectivity index (χ0n) is 12.8. The Morgan fingerprint density at radius 1 is 1.08 bits per heavy atom. The molecule has 1 aromatic heterocycles. The third kappa shape index (κ3) is 3.78. The number of carbonyl (C=O) groups excluding carboxylic acids is 2. The first-order valence-corrected chi connectivity index (χ1v) is 8.45. The van der Waals surface area contributed by atoms with Gasteiger partial charge < -0.3 is 15.2 Å². The van der Waals surface area contributed by atoms with Crippen molar-refractivity contribution in [1.29, 1.82) is 0 Å². The number of rotatable bonds is 6. The first-order valence-electron chi connectivity index (χ1n) is 7.57. The van der Waals surface area contributed by atoms with Crippen molar-refractivity contribution in [3.8, 4) is 11.3 Å². The molecule has 0 saturated carbocycles. The van der Waals surface area contributed by atoms with Crippen LogP contribution >= 0.6 is 11.3 Å². The molecule has 0 aliphatic heterocycles. The molecule has 1 heterocycles. The lowest BCUT2D eigenvalue weighted by molar-refractivity contribution is -0.305. The van der Waals surface area contributed by atoms with Crippen LogP contribution in [0.25, 0.3) is 22.0 Å². The molecule has 0 aliphatic carbocycles. The highest BCUT2D eigenvalue weighted by Gasteiger charge is 2.10. The van der Waals surface area contributed by atoms with Gasteiger partial charge in [-0.05, 0) is 23.6 Å². The second kappa shape index (κ2) is 7.23. The van der Waals surface area contributed by atoms with E-state index in [4.69, 9.17) is 0 Å². The van der Waals surface area contributed by atoms with Crippen LogP contribution in [0.15, 0.2) is 47.8 Å². The molecule has 0 atom stereocenters. The molecule has 0 unspecified atom stereocenters. The predicted octanol–water partition coefficient (Wildman–Crippen LogP) is 2.82. The Kier molecular flexibility index (Phi) is 4.86. The van der Waals surface area contributed by atoms with Crippen molar-refractivity contribution >= 4 is 39.1 Å². The van der Waals surface area contributed by atoms with Gasteiger partial charge >= 0.3 is 0 Å². The lowest BCUT2D eigenvalue weighted by Crippen LogP contribution is -2.22. The number of hydrogen-bond donors (Lipinski definition) is 1. The van der Waals surface area contributed by atoms with Crippen LogP contribution in [0.4, 0.5) is 5.13 Å². The molecule has 0 aliphatic rings. The second-order valence-electron chi connectivity index (χ2n) is 5.34. The van der Waals surface area contributed by atoms with Crippen molar-refractivity contribution in [2.24, 2.45) is 0 Å². The molecule has 122 valence electrons. The number of thiazole rings is 1. The molecule has 0 spiro atoms. The Morgan fingerprint density at radius 2 is 1.88 bits per heavy atom. The van der Waals surface area contributed by atoms with Gasteiger partial charge in [0.15, 0.2) is 5.13 Å². The lowest BCUT2D eigenvalue weighted by atomic mass is 10.0. The van der Waals surface area contributed by atoms with E-state index in [2.05, 4.69) is 10.3 Å². The number of carbonyl (C=O) groups is 2. The van der Waals surface area contributed by atoms with Crippen LogP contribution in [0.5, 0.6) is 0 Å². The summed E-state index contributed by atoms with van der Waals surface area (Å²) in [5.74, 6) is -1.38. The number of carboxylic acid groups (broad SMARTS) is 1. The van der Waals surface area contributed by atoms with E-state index in [0.717, 1.165) is 22.0 Å². The summed E-state index contributed by atoms with van der Waals surface area (Å²) in [5.41, 5.74) is 1.82. The molecule has 2 aromatic carbocycles. The minimum Gasteiger partial charge on any atom is -0.550 e. The van der Waals surface area contributed by atoms with Crippen molar-refractivity contribution in [3.05, 3.63) is 47.8 Å². The van der Waals surface area contributed by atoms with E-state index >= 15 is 0 Å². The summed E-state index contributed by atoms with van der Waals surface area (Å²) in [6, 6.07) is 14.1. The maximum Gasteiger partial charge on any atom is 0.226 e. The van der Waals surface area contributed by atoms with E-state index in [0.29, 0.717) is 5.13 Å². The highest BCUT2D eigenvalue weighted by atomic mass is 32.1. The summed E-state index contributed by atoms with van der Waals surface area (Å²) in [4.78, 5) is 26.6. The molecule has 3 rings (SSSR count). The predicted molar refractivity (Wildman–Crippen MR) is 92.5 cm³/mol. The highest BCUT2D eigenvalue weighted by Crippen LogP contribution is 2.30. The molecule has 3 aromatic rings. The van der Waals surface area contributed by atoms with Crippen molar-refractivity contribution in [1.82, 2.24) is 4.98 Å². The van der Waals surface area contributed by atoms with E-state index in [1.54, 1.807) is 0 Å². The van der Waals surface area contributed by atoms with Gasteiger partial charge in [0, 0.05) is 23.3 Å². The van der Waals surface area contributed by atoms with Gasteiger partial charge in [-0.25, -0.2) is 4.98 Å². The summed E-state index contributed by atoms with van der Waals surface area (Å²) < 4.78 is 0. The highest BCUT2D eigenvalue weighted by molar-refractivity contribution is 7.14. The third-order valence-electron chi connectivity index (χ3n) is 3.60. The number of aromatic nitrogens is 1. The van der Waals surface area contributed by atoms with Crippen LogP contribution in [0, 0.1) is 0 Å². The molecule has 1 amide bonds. The van der Waals surface area contributed by atoms with Crippen molar-refractivity contribution in [3.63, 3.8) is 0 Å². The number of amides is 1. The molecule has 24 heavy (non-hydrogen) atoms. The molecule has 0 radical (unpaired) electrons. The van der Waals surface area contributed by atoms with Gasteiger partial charge in [-0.1, -0.05) is 42.5 Å². The van der Waals surface area contributed by atoms with Crippen molar-refractivity contribution in [2.45, 2.75) is 19.3 Å². The quantitative estimate of drug-likeness (QED) is 0.748.